The van der Waals surface area contributed by atoms with E-state index in [0.29, 0.717) is 11.8 Å². The summed E-state index contributed by atoms with van der Waals surface area (Å²) in [6, 6.07) is 0. The third-order valence-corrected chi connectivity index (χ3v) is 2.05. The minimum atomic E-state index is 0.607. The van der Waals surface area contributed by atoms with Gasteiger partial charge in [-0.25, -0.2) is 0 Å². The summed E-state index contributed by atoms with van der Waals surface area (Å²) in [5.74, 6) is 1.21. The molecular formula is C10H11Cl2N. The minimum absolute atomic E-state index is 0.607. The number of rotatable bonds is 5. The number of alkyl halides is 2. The SMILES string of the molecule is ClCCN(CCCl)C1=CC=C=C=C1. The fourth-order valence-electron chi connectivity index (χ4n) is 1.11. The van der Waals surface area contributed by atoms with Crippen molar-refractivity contribution in [3.05, 3.63) is 35.4 Å². The standard InChI is InChI=1S/C10H11Cl2N/c11-6-8-13(9-7-12)10-4-2-1-3-5-10/h2,4-5H,6-9H2. The summed E-state index contributed by atoms with van der Waals surface area (Å²) in [5.41, 5.74) is 6.86. The first-order valence-corrected chi connectivity index (χ1v) is 5.20. The third kappa shape index (κ3) is 3.34. The molecule has 0 unspecified atom stereocenters. The van der Waals surface area contributed by atoms with Crippen molar-refractivity contribution in [3.8, 4) is 0 Å². The topological polar surface area (TPSA) is 3.24 Å². The van der Waals surface area contributed by atoms with E-state index < -0.39 is 0 Å². The smallest absolute Gasteiger partial charge is 0.0458 e. The predicted molar refractivity (Wildman–Crippen MR) is 57.3 cm³/mol. The summed E-state index contributed by atoms with van der Waals surface area (Å²) < 4.78 is 0. The van der Waals surface area contributed by atoms with Gasteiger partial charge in [0, 0.05) is 36.6 Å². The highest BCUT2D eigenvalue weighted by Crippen LogP contribution is 2.08. The lowest BCUT2D eigenvalue weighted by Gasteiger charge is -2.23. The lowest BCUT2D eigenvalue weighted by molar-refractivity contribution is 0.399. The van der Waals surface area contributed by atoms with Crippen molar-refractivity contribution in [2.75, 3.05) is 24.8 Å². The van der Waals surface area contributed by atoms with Gasteiger partial charge in [-0.2, -0.15) is 0 Å². The monoisotopic (exact) mass is 215 g/mol. The molecule has 0 aromatic heterocycles. The Morgan fingerprint density at radius 1 is 1.15 bits per heavy atom. The summed E-state index contributed by atoms with van der Waals surface area (Å²) in [4.78, 5) is 2.13. The first kappa shape index (κ1) is 10.5. The van der Waals surface area contributed by atoms with Gasteiger partial charge < -0.3 is 4.90 Å². The van der Waals surface area contributed by atoms with Crippen molar-refractivity contribution in [2.24, 2.45) is 0 Å². The zero-order valence-corrected chi connectivity index (χ0v) is 8.78. The maximum absolute atomic E-state index is 5.68. The molecule has 0 spiro atoms. The molecule has 0 aromatic rings. The number of hydrogen-bond acceptors (Lipinski definition) is 1. The number of allylic oxidation sites excluding steroid dienone is 3. The average molecular weight is 216 g/mol. The molecule has 13 heavy (non-hydrogen) atoms. The van der Waals surface area contributed by atoms with E-state index in [4.69, 9.17) is 23.2 Å². The molecule has 0 bridgehead atoms. The van der Waals surface area contributed by atoms with E-state index in [1.54, 1.807) is 0 Å². The van der Waals surface area contributed by atoms with Gasteiger partial charge in [0.1, 0.15) is 0 Å². The largest absolute Gasteiger partial charge is 0.369 e. The van der Waals surface area contributed by atoms with Crippen molar-refractivity contribution in [3.63, 3.8) is 0 Å². The maximum Gasteiger partial charge on any atom is 0.0458 e. The molecule has 1 aliphatic carbocycles. The Labute approximate surface area is 88.6 Å². The first-order valence-electron chi connectivity index (χ1n) is 4.13. The van der Waals surface area contributed by atoms with Gasteiger partial charge in [-0.3, -0.25) is 0 Å². The van der Waals surface area contributed by atoms with E-state index in [-0.39, 0.29) is 0 Å². The van der Waals surface area contributed by atoms with Gasteiger partial charge in [0.15, 0.2) is 0 Å². The molecular weight excluding hydrogens is 205 g/mol. The number of nitrogens with zero attached hydrogens (tertiary/aromatic N) is 1. The van der Waals surface area contributed by atoms with Gasteiger partial charge >= 0.3 is 0 Å². The van der Waals surface area contributed by atoms with Crippen molar-refractivity contribution in [1.82, 2.24) is 4.90 Å². The molecule has 0 N–H and O–H groups in total. The summed E-state index contributed by atoms with van der Waals surface area (Å²) in [6.45, 7) is 1.62. The average Bonchev–Trinajstić information content (AvgIpc) is 2.19. The van der Waals surface area contributed by atoms with E-state index in [0.717, 1.165) is 18.8 Å². The fourth-order valence-corrected chi connectivity index (χ4v) is 1.52. The second kappa shape index (κ2) is 5.96. The van der Waals surface area contributed by atoms with Gasteiger partial charge in [-0.1, -0.05) is 11.5 Å². The molecule has 0 heterocycles. The number of halogens is 2. The second-order valence-electron chi connectivity index (χ2n) is 2.56. The van der Waals surface area contributed by atoms with Crippen LogP contribution in [0.25, 0.3) is 0 Å². The Balaban J connectivity index is 2.60. The lowest BCUT2D eigenvalue weighted by atomic mass is 10.2. The van der Waals surface area contributed by atoms with Crippen LogP contribution in [-0.4, -0.2) is 29.7 Å². The summed E-state index contributed by atoms with van der Waals surface area (Å²) in [7, 11) is 0. The van der Waals surface area contributed by atoms with Crippen LogP contribution >= 0.6 is 23.2 Å². The van der Waals surface area contributed by atoms with Crippen LogP contribution in [0.3, 0.4) is 0 Å². The van der Waals surface area contributed by atoms with E-state index in [9.17, 15) is 0 Å². The highest BCUT2D eigenvalue weighted by Gasteiger charge is 2.05. The van der Waals surface area contributed by atoms with E-state index in [1.807, 2.05) is 18.2 Å². The molecule has 0 atom stereocenters. The van der Waals surface area contributed by atoms with Crippen LogP contribution in [0.5, 0.6) is 0 Å². The molecule has 1 aliphatic rings. The van der Waals surface area contributed by atoms with Gasteiger partial charge in [0.2, 0.25) is 0 Å². The van der Waals surface area contributed by atoms with Crippen molar-refractivity contribution < 1.29 is 0 Å². The van der Waals surface area contributed by atoms with Crippen molar-refractivity contribution in [1.29, 1.82) is 0 Å². The Morgan fingerprint density at radius 2 is 1.85 bits per heavy atom. The Bertz CT molecular complexity index is 275. The van der Waals surface area contributed by atoms with Gasteiger partial charge in [0.25, 0.3) is 0 Å². The number of hydrogen-bond donors (Lipinski definition) is 0. The normalized spacial score (nSPS) is 13.2. The molecule has 0 radical (unpaired) electrons. The molecule has 0 amide bonds. The van der Waals surface area contributed by atoms with E-state index >= 15 is 0 Å². The van der Waals surface area contributed by atoms with Crippen LogP contribution in [0.15, 0.2) is 35.4 Å². The molecule has 3 heteroatoms. The molecule has 0 aliphatic heterocycles. The lowest BCUT2D eigenvalue weighted by Crippen LogP contribution is -2.26. The molecule has 0 fully saturated rings. The van der Waals surface area contributed by atoms with Gasteiger partial charge in [-0.15, -0.1) is 23.2 Å². The molecule has 70 valence electrons. The zero-order valence-electron chi connectivity index (χ0n) is 7.26. The molecule has 0 aromatic carbocycles. The quantitative estimate of drug-likeness (QED) is 0.504. The van der Waals surface area contributed by atoms with Crippen molar-refractivity contribution >= 4 is 23.2 Å². The third-order valence-electron chi connectivity index (χ3n) is 1.71. The molecule has 1 nitrogen and oxygen atoms in total. The molecule has 1 rings (SSSR count). The molecule has 0 saturated heterocycles. The first-order chi connectivity index (χ1) is 6.38. The highest BCUT2D eigenvalue weighted by molar-refractivity contribution is 6.18. The summed E-state index contributed by atoms with van der Waals surface area (Å²) in [6.07, 6.45) is 5.71. The summed E-state index contributed by atoms with van der Waals surface area (Å²) in [5, 5.41) is 0. The van der Waals surface area contributed by atoms with E-state index in [2.05, 4.69) is 16.4 Å². The van der Waals surface area contributed by atoms with Crippen molar-refractivity contribution in [2.45, 2.75) is 0 Å². The highest BCUT2D eigenvalue weighted by atomic mass is 35.5. The maximum atomic E-state index is 5.68. The molecule has 0 saturated carbocycles. The van der Waals surface area contributed by atoms with Crippen LogP contribution in [0.4, 0.5) is 0 Å². The van der Waals surface area contributed by atoms with E-state index in [1.165, 1.54) is 0 Å². The van der Waals surface area contributed by atoms with Crippen LogP contribution in [0, 0.1) is 0 Å². The Hall–Kier alpha value is -0.580. The predicted octanol–water partition coefficient (Wildman–Crippen LogP) is 2.53. The summed E-state index contributed by atoms with van der Waals surface area (Å²) >= 11 is 11.4. The zero-order chi connectivity index (χ0) is 9.52. The Morgan fingerprint density at radius 3 is 2.31 bits per heavy atom. The van der Waals surface area contributed by atoms with Gasteiger partial charge in [0.05, 0.1) is 0 Å². The fraction of sp³-hybridized carbons (Fsp3) is 0.400. The second-order valence-corrected chi connectivity index (χ2v) is 3.31. The minimum Gasteiger partial charge on any atom is -0.369 e. The Kier molecular flexibility index (Phi) is 4.82. The van der Waals surface area contributed by atoms with Crippen LogP contribution in [0.2, 0.25) is 0 Å². The van der Waals surface area contributed by atoms with Crippen LogP contribution < -0.4 is 0 Å². The van der Waals surface area contributed by atoms with Crippen LogP contribution in [0.1, 0.15) is 0 Å². The van der Waals surface area contributed by atoms with Crippen LogP contribution in [-0.2, 0) is 0 Å². The van der Waals surface area contributed by atoms with Gasteiger partial charge in [-0.05, 0) is 12.2 Å².